The minimum atomic E-state index is 0.645. The Labute approximate surface area is 133 Å². The second-order valence-corrected chi connectivity index (χ2v) is 5.64. The predicted molar refractivity (Wildman–Crippen MR) is 89.2 cm³/mol. The number of aromatic amines is 1. The van der Waals surface area contributed by atoms with Crippen LogP contribution in [-0.2, 0) is 5.75 Å². The summed E-state index contributed by atoms with van der Waals surface area (Å²) >= 11 is 1.73. The molecule has 0 aliphatic carbocycles. The van der Waals surface area contributed by atoms with Crippen LogP contribution in [-0.4, -0.2) is 21.2 Å². The summed E-state index contributed by atoms with van der Waals surface area (Å²) in [5, 5.41) is 8.88. The zero-order chi connectivity index (χ0) is 15.4. The Kier molecular flexibility index (Phi) is 4.22. The van der Waals surface area contributed by atoms with Crippen molar-refractivity contribution in [1.29, 1.82) is 5.26 Å². The first kappa shape index (κ1) is 14.4. The highest BCUT2D eigenvalue weighted by molar-refractivity contribution is 7.97. The van der Waals surface area contributed by atoms with Crippen molar-refractivity contribution in [3.63, 3.8) is 0 Å². The fourth-order valence-electron chi connectivity index (χ4n) is 2.24. The molecule has 3 aromatic rings. The number of thioether (sulfide) groups is 1. The molecule has 1 N–H and O–H groups in total. The van der Waals surface area contributed by atoms with Gasteiger partial charge in [0, 0.05) is 29.3 Å². The van der Waals surface area contributed by atoms with Crippen LogP contribution >= 0.6 is 11.8 Å². The van der Waals surface area contributed by atoms with E-state index in [2.05, 4.69) is 22.3 Å². The van der Waals surface area contributed by atoms with Crippen LogP contribution in [0.4, 0.5) is 0 Å². The SMILES string of the molecule is CSCc1nc(-c2ccc(C#N)cc2)[nH]c1-c1cccnc1. The third kappa shape index (κ3) is 2.87. The van der Waals surface area contributed by atoms with Crippen molar-refractivity contribution in [2.45, 2.75) is 5.75 Å². The fraction of sp³-hybridized carbons (Fsp3) is 0.118. The Bertz CT molecular complexity index is 801. The summed E-state index contributed by atoms with van der Waals surface area (Å²) < 4.78 is 0. The van der Waals surface area contributed by atoms with E-state index in [0.717, 1.165) is 34.1 Å². The standard InChI is InChI=1S/C17H14N4S/c1-22-11-15-16(14-3-2-8-19-10-14)21-17(20-15)13-6-4-12(9-18)5-7-13/h2-8,10H,11H2,1H3,(H,20,21). The van der Waals surface area contributed by atoms with Gasteiger partial charge in [-0.05, 0) is 42.7 Å². The topological polar surface area (TPSA) is 65.4 Å². The molecule has 0 spiro atoms. The minimum absolute atomic E-state index is 0.645. The maximum Gasteiger partial charge on any atom is 0.138 e. The highest BCUT2D eigenvalue weighted by Crippen LogP contribution is 2.27. The average Bonchev–Trinajstić information content (AvgIpc) is 3.00. The zero-order valence-electron chi connectivity index (χ0n) is 12.1. The average molecular weight is 306 g/mol. The minimum Gasteiger partial charge on any atom is -0.338 e. The molecule has 0 radical (unpaired) electrons. The van der Waals surface area contributed by atoms with Gasteiger partial charge in [-0.25, -0.2) is 4.98 Å². The largest absolute Gasteiger partial charge is 0.338 e. The molecular formula is C17H14N4S. The molecule has 2 aromatic heterocycles. The Morgan fingerprint density at radius 1 is 1.18 bits per heavy atom. The third-order valence-electron chi connectivity index (χ3n) is 3.30. The van der Waals surface area contributed by atoms with Gasteiger partial charge in [0.1, 0.15) is 5.82 Å². The van der Waals surface area contributed by atoms with Crippen LogP contribution in [0.1, 0.15) is 11.3 Å². The van der Waals surface area contributed by atoms with Gasteiger partial charge in [0.15, 0.2) is 0 Å². The summed E-state index contributed by atoms with van der Waals surface area (Å²) in [5.41, 5.74) is 4.66. The first-order chi connectivity index (χ1) is 10.8. The number of hydrogen-bond acceptors (Lipinski definition) is 4. The van der Waals surface area contributed by atoms with Crippen LogP contribution in [0.5, 0.6) is 0 Å². The molecule has 0 atom stereocenters. The van der Waals surface area contributed by atoms with E-state index in [-0.39, 0.29) is 0 Å². The molecule has 0 bridgehead atoms. The second kappa shape index (κ2) is 6.46. The highest BCUT2D eigenvalue weighted by atomic mass is 32.2. The summed E-state index contributed by atoms with van der Waals surface area (Å²) in [4.78, 5) is 12.3. The van der Waals surface area contributed by atoms with Crippen molar-refractivity contribution in [2.24, 2.45) is 0 Å². The van der Waals surface area contributed by atoms with Gasteiger partial charge in [0.05, 0.1) is 23.0 Å². The molecule has 1 aromatic carbocycles. The molecule has 3 rings (SSSR count). The molecule has 2 heterocycles. The lowest BCUT2D eigenvalue weighted by Crippen LogP contribution is -1.86. The molecule has 0 amide bonds. The molecule has 0 fully saturated rings. The zero-order valence-corrected chi connectivity index (χ0v) is 12.9. The summed E-state index contributed by atoms with van der Waals surface area (Å²) in [6.07, 6.45) is 5.65. The monoisotopic (exact) mass is 306 g/mol. The van der Waals surface area contributed by atoms with E-state index in [1.54, 1.807) is 30.1 Å². The molecule has 0 saturated carbocycles. The molecule has 5 heteroatoms. The summed E-state index contributed by atoms with van der Waals surface area (Å²) in [6.45, 7) is 0. The van der Waals surface area contributed by atoms with E-state index in [0.29, 0.717) is 5.56 Å². The van der Waals surface area contributed by atoms with E-state index < -0.39 is 0 Å². The number of H-pyrrole nitrogens is 1. The number of hydrogen-bond donors (Lipinski definition) is 1. The second-order valence-electron chi connectivity index (χ2n) is 4.77. The number of rotatable bonds is 4. The van der Waals surface area contributed by atoms with Gasteiger partial charge in [0.2, 0.25) is 0 Å². The number of nitriles is 1. The lowest BCUT2D eigenvalue weighted by atomic mass is 10.1. The van der Waals surface area contributed by atoms with Crippen LogP contribution in [0.3, 0.4) is 0 Å². The molecule has 0 aliphatic rings. The predicted octanol–water partition coefficient (Wildman–Crippen LogP) is 3.87. The van der Waals surface area contributed by atoms with Crippen LogP contribution in [0.2, 0.25) is 0 Å². The number of imidazole rings is 1. The molecule has 22 heavy (non-hydrogen) atoms. The van der Waals surface area contributed by atoms with Crippen molar-refractivity contribution in [3.05, 3.63) is 60.0 Å². The fourth-order valence-corrected chi connectivity index (χ4v) is 2.72. The van der Waals surface area contributed by atoms with Crippen LogP contribution < -0.4 is 0 Å². The van der Waals surface area contributed by atoms with E-state index in [1.807, 2.05) is 30.5 Å². The van der Waals surface area contributed by atoms with Gasteiger partial charge in [-0.2, -0.15) is 17.0 Å². The highest BCUT2D eigenvalue weighted by Gasteiger charge is 2.13. The first-order valence-corrected chi connectivity index (χ1v) is 8.20. The number of aromatic nitrogens is 3. The Morgan fingerprint density at radius 2 is 2.00 bits per heavy atom. The molecule has 0 aliphatic heterocycles. The smallest absolute Gasteiger partial charge is 0.138 e. The maximum absolute atomic E-state index is 8.88. The van der Waals surface area contributed by atoms with E-state index in [9.17, 15) is 0 Å². The Balaban J connectivity index is 2.04. The van der Waals surface area contributed by atoms with Gasteiger partial charge >= 0.3 is 0 Å². The molecule has 108 valence electrons. The van der Waals surface area contributed by atoms with Gasteiger partial charge in [0.25, 0.3) is 0 Å². The first-order valence-electron chi connectivity index (χ1n) is 6.80. The quantitative estimate of drug-likeness (QED) is 0.794. The number of nitrogens with zero attached hydrogens (tertiary/aromatic N) is 3. The molecule has 0 saturated heterocycles. The summed E-state index contributed by atoms with van der Waals surface area (Å²) in [5.74, 6) is 1.64. The van der Waals surface area contributed by atoms with Crippen molar-refractivity contribution < 1.29 is 0 Å². The lowest BCUT2D eigenvalue weighted by molar-refractivity contribution is 1.23. The normalized spacial score (nSPS) is 10.4. The van der Waals surface area contributed by atoms with Gasteiger partial charge in [-0.15, -0.1) is 0 Å². The van der Waals surface area contributed by atoms with Gasteiger partial charge in [-0.3, -0.25) is 4.98 Å². The molecular weight excluding hydrogens is 292 g/mol. The van der Waals surface area contributed by atoms with Crippen LogP contribution in [0.15, 0.2) is 48.8 Å². The number of nitrogens with one attached hydrogen (secondary N) is 1. The summed E-state index contributed by atoms with van der Waals surface area (Å²) in [6, 6.07) is 13.5. The Hall–Kier alpha value is -2.58. The summed E-state index contributed by atoms with van der Waals surface area (Å²) in [7, 11) is 0. The number of pyridine rings is 1. The molecule has 4 nitrogen and oxygen atoms in total. The van der Waals surface area contributed by atoms with Crippen molar-refractivity contribution >= 4 is 11.8 Å². The van der Waals surface area contributed by atoms with Gasteiger partial charge < -0.3 is 4.98 Å². The number of benzene rings is 1. The van der Waals surface area contributed by atoms with Crippen LogP contribution in [0.25, 0.3) is 22.6 Å². The van der Waals surface area contributed by atoms with Crippen molar-refractivity contribution in [3.8, 4) is 28.7 Å². The van der Waals surface area contributed by atoms with E-state index in [4.69, 9.17) is 10.2 Å². The van der Waals surface area contributed by atoms with Crippen molar-refractivity contribution in [2.75, 3.05) is 6.26 Å². The van der Waals surface area contributed by atoms with E-state index >= 15 is 0 Å². The third-order valence-corrected chi connectivity index (χ3v) is 3.86. The van der Waals surface area contributed by atoms with Crippen molar-refractivity contribution in [1.82, 2.24) is 15.0 Å². The van der Waals surface area contributed by atoms with E-state index in [1.165, 1.54) is 0 Å². The van der Waals surface area contributed by atoms with Gasteiger partial charge in [-0.1, -0.05) is 0 Å². The Morgan fingerprint density at radius 3 is 2.64 bits per heavy atom. The maximum atomic E-state index is 8.88. The lowest BCUT2D eigenvalue weighted by Gasteiger charge is -2.00. The van der Waals surface area contributed by atoms with Crippen LogP contribution in [0, 0.1) is 11.3 Å². The molecule has 0 unspecified atom stereocenters.